The number of phenolic OH excluding ortho intramolecular Hbond substituents is 2. The summed E-state index contributed by atoms with van der Waals surface area (Å²) < 4.78 is 127. The summed E-state index contributed by atoms with van der Waals surface area (Å²) in [5.74, 6) is -2.06. The van der Waals surface area contributed by atoms with E-state index in [0.717, 1.165) is 30.3 Å². The molecule has 7 N–H and O–H groups in total. The van der Waals surface area contributed by atoms with E-state index in [1.54, 1.807) is 0 Å². The Morgan fingerprint density at radius 1 is 0.681 bits per heavy atom. The highest BCUT2D eigenvalue weighted by atomic mass is 32.3. The lowest BCUT2D eigenvalue weighted by Crippen LogP contribution is -2.15. The van der Waals surface area contributed by atoms with Gasteiger partial charge in [0.25, 0.3) is 20.2 Å². The van der Waals surface area contributed by atoms with E-state index in [9.17, 15) is 53.0 Å². The number of phenols is 2. The Hall–Kier alpha value is -4.62. The van der Waals surface area contributed by atoms with Gasteiger partial charge in [0.1, 0.15) is 26.9 Å². The number of hydrogen-bond acceptors (Lipinski definition) is 16. The molecule has 0 heterocycles. The maximum Gasteiger partial charge on any atom is 0.397 e. The van der Waals surface area contributed by atoms with Crippen molar-refractivity contribution in [2.75, 3.05) is 18.1 Å². The van der Waals surface area contributed by atoms with Crippen molar-refractivity contribution in [3.63, 3.8) is 0 Å². The van der Waals surface area contributed by atoms with Crippen LogP contribution in [0.25, 0.3) is 10.8 Å². The first-order chi connectivity index (χ1) is 21.7. The smallest absolute Gasteiger partial charge is 0.397 e. The molecule has 4 rings (SSSR count). The number of fused-ring (bicyclic) bond motifs is 1. The van der Waals surface area contributed by atoms with Gasteiger partial charge in [0.05, 0.1) is 39.7 Å². The van der Waals surface area contributed by atoms with Crippen molar-refractivity contribution in [2.45, 2.75) is 14.7 Å². The van der Waals surface area contributed by atoms with Crippen LogP contribution < -0.4 is 5.73 Å². The van der Waals surface area contributed by atoms with E-state index in [2.05, 4.69) is 24.6 Å². The summed E-state index contributed by atoms with van der Waals surface area (Å²) in [5.41, 5.74) is 3.80. The Labute approximate surface area is 266 Å². The number of azo groups is 2. The van der Waals surface area contributed by atoms with Crippen LogP contribution >= 0.6 is 0 Å². The Morgan fingerprint density at radius 3 is 1.79 bits per heavy atom. The number of anilines is 1. The molecular formula is C24H21N5O14S4. The predicted molar refractivity (Wildman–Crippen MR) is 162 cm³/mol. The summed E-state index contributed by atoms with van der Waals surface area (Å²) >= 11 is 0. The molecule has 0 aliphatic heterocycles. The molecule has 0 spiro atoms. The average molecular weight is 732 g/mol. The van der Waals surface area contributed by atoms with E-state index in [4.69, 9.17) is 10.3 Å². The normalized spacial score (nSPS) is 13.2. The molecule has 0 saturated heterocycles. The molecule has 0 fully saturated rings. The van der Waals surface area contributed by atoms with Gasteiger partial charge >= 0.3 is 10.4 Å². The molecule has 23 heteroatoms. The zero-order chi connectivity index (χ0) is 34.9. The molecule has 0 aromatic heterocycles. The maximum absolute atomic E-state index is 12.4. The molecule has 0 aliphatic rings. The van der Waals surface area contributed by atoms with Gasteiger partial charge in [-0.25, -0.2) is 12.6 Å². The zero-order valence-corrected chi connectivity index (χ0v) is 26.4. The first-order valence-corrected chi connectivity index (χ1v) is 18.2. The molecule has 19 nitrogen and oxygen atoms in total. The number of nitrogen functional groups attached to an aromatic ring is 1. The fourth-order valence-electron chi connectivity index (χ4n) is 3.96. The predicted octanol–water partition coefficient (Wildman–Crippen LogP) is 3.75. The largest absolute Gasteiger partial charge is 0.508 e. The molecule has 0 radical (unpaired) electrons. The Kier molecular flexibility index (Phi) is 9.66. The lowest BCUT2D eigenvalue weighted by atomic mass is 10.1. The van der Waals surface area contributed by atoms with Crippen LogP contribution in [-0.4, -0.2) is 69.9 Å². The third kappa shape index (κ3) is 8.40. The second-order valence-corrected chi connectivity index (χ2v) is 15.2. The number of sulfone groups is 1. The van der Waals surface area contributed by atoms with E-state index in [1.165, 1.54) is 18.2 Å². The van der Waals surface area contributed by atoms with Crippen LogP contribution in [-0.2, 0) is 44.7 Å². The summed E-state index contributed by atoms with van der Waals surface area (Å²) in [6.45, 7) is -0.875. The van der Waals surface area contributed by atoms with Gasteiger partial charge in [0.2, 0.25) is 0 Å². The van der Waals surface area contributed by atoms with Crippen LogP contribution in [0.4, 0.5) is 28.4 Å². The van der Waals surface area contributed by atoms with Gasteiger partial charge < -0.3 is 15.9 Å². The minimum absolute atomic E-state index is 0.000207. The molecule has 0 bridgehead atoms. The highest BCUT2D eigenvalue weighted by Gasteiger charge is 2.28. The molecule has 250 valence electrons. The molecule has 4 aromatic rings. The van der Waals surface area contributed by atoms with E-state index < -0.39 is 96.2 Å². The van der Waals surface area contributed by atoms with Crippen molar-refractivity contribution in [2.24, 2.45) is 20.5 Å². The molecule has 0 aliphatic carbocycles. The molecule has 0 amide bonds. The van der Waals surface area contributed by atoms with E-state index >= 15 is 0 Å². The number of hydrogen-bond donors (Lipinski definition) is 6. The first kappa shape index (κ1) is 35.2. The lowest BCUT2D eigenvalue weighted by molar-refractivity contribution is 0.284. The van der Waals surface area contributed by atoms with Crippen molar-refractivity contribution < 1.29 is 61.7 Å². The van der Waals surface area contributed by atoms with Crippen LogP contribution in [0.2, 0.25) is 0 Å². The molecule has 4 aromatic carbocycles. The minimum atomic E-state index is -5.16. The molecule has 47 heavy (non-hydrogen) atoms. The topological polar surface area (TPSA) is 322 Å². The minimum Gasteiger partial charge on any atom is -0.508 e. The SMILES string of the molecule is Nc1c(/N=N/c2ccc(S(=O)(=O)CCOS(=O)(=O)O)cc2)c(S(=O)(=O)O)cc2cc(S(=O)(=O)O)c(/N=N/c3cccc(O)c3)c(O)c12. The van der Waals surface area contributed by atoms with Gasteiger partial charge in [-0.2, -0.15) is 35.5 Å². The van der Waals surface area contributed by atoms with Crippen molar-refractivity contribution in [3.05, 3.63) is 60.7 Å². The van der Waals surface area contributed by atoms with Crippen LogP contribution in [0, 0.1) is 0 Å². The van der Waals surface area contributed by atoms with Crippen molar-refractivity contribution in [1.29, 1.82) is 0 Å². The first-order valence-electron chi connectivity index (χ1n) is 12.3. The van der Waals surface area contributed by atoms with Crippen LogP contribution in [0.3, 0.4) is 0 Å². The zero-order valence-electron chi connectivity index (χ0n) is 23.1. The standard InChI is InChI=1S/C24H21N5O14S4/c25-21-20-13(11-19(46(37,38)39)23(24(20)31)29-27-15-2-1-3-16(30)12-15)10-18(45(34,35)36)22(21)28-26-14-4-6-17(7-5-14)44(32,33)9-8-43-47(40,41)42/h1-7,10-12,30-31H,8-9,25H2,(H,34,35,36)(H,37,38,39)(H,40,41,42)/b28-26+,29-27+. The molecular weight excluding hydrogens is 711 g/mol. The fourth-order valence-corrected chi connectivity index (χ4v) is 6.78. The molecule has 0 unspecified atom stereocenters. The van der Waals surface area contributed by atoms with Gasteiger partial charge in [-0.3, -0.25) is 13.7 Å². The summed E-state index contributed by atoms with van der Waals surface area (Å²) in [6, 6.07) is 10.9. The highest BCUT2D eigenvalue weighted by Crippen LogP contribution is 2.48. The third-order valence-corrected chi connectivity index (χ3v) is 9.90. The van der Waals surface area contributed by atoms with Crippen LogP contribution in [0.1, 0.15) is 0 Å². The second-order valence-electron chi connectivity index (χ2n) is 9.24. The Morgan fingerprint density at radius 2 is 1.23 bits per heavy atom. The average Bonchev–Trinajstić information content (AvgIpc) is 2.94. The van der Waals surface area contributed by atoms with E-state index in [0.29, 0.717) is 12.1 Å². The summed E-state index contributed by atoms with van der Waals surface area (Å²) in [6.07, 6.45) is 0. The van der Waals surface area contributed by atoms with Crippen molar-refractivity contribution in [3.8, 4) is 11.5 Å². The van der Waals surface area contributed by atoms with E-state index in [-0.39, 0.29) is 22.0 Å². The fraction of sp³-hybridized carbons (Fsp3) is 0.0833. The quantitative estimate of drug-likeness (QED) is 0.0726. The van der Waals surface area contributed by atoms with Gasteiger partial charge in [-0.1, -0.05) is 6.07 Å². The number of aromatic hydroxyl groups is 2. The van der Waals surface area contributed by atoms with Gasteiger partial charge in [0.15, 0.2) is 15.6 Å². The van der Waals surface area contributed by atoms with Gasteiger partial charge in [0, 0.05) is 6.07 Å². The van der Waals surface area contributed by atoms with Crippen molar-refractivity contribution in [1.82, 2.24) is 0 Å². The van der Waals surface area contributed by atoms with Crippen LogP contribution in [0.15, 0.2) is 95.8 Å². The summed E-state index contributed by atoms with van der Waals surface area (Å²) in [4.78, 5) is -2.34. The molecule has 0 saturated carbocycles. The van der Waals surface area contributed by atoms with Gasteiger partial charge in [-0.05, 0) is 53.9 Å². The molecule has 0 atom stereocenters. The van der Waals surface area contributed by atoms with E-state index in [1.807, 2.05) is 0 Å². The second kappa shape index (κ2) is 12.9. The lowest BCUT2D eigenvalue weighted by Gasteiger charge is -2.14. The summed E-state index contributed by atoms with van der Waals surface area (Å²) in [7, 11) is -19.3. The maximum atomic E-state index is 12.4. The monoisotopic (exact) mass is 731 g/mol. The number of nitrogens with two attached hydrogens (primary N) is 1. The Balaban J connectivity index is 1.83. The summed E-state index contributed by atoms with van der Waals surface area (Å²) in [5, 5.41) is 34.8. The number of nitrogens with zero attached hydrogens (tertiary/aromatic N) is 4. The van der Waals surface area contributed by atoms with Gasteiger partial charge in [-0.15, -0.1) is 10.2 Å². The number of rotatable bonds is 11. The third-order valence-electron chi connectivity index (χ3n) is 6.01. The van der Waals surface area contributed by atoms with Crippen LogP contribution in [0.5, 0.6) is 11.5 Å². The Bertz CT molecular complexity index is 2400. The number of benzene rings is 4. The highest BCUT2D eigenvalue weighted by molar-refractivity contribution is 7.91. The van der Waals surface area contributed by atoms with Crippen molar-refractivity contribution >= 4 is 79.7 Å².